The van der Waals surface area contributed by atoms with E-state index in [4.69, 9.17) is 14.2 Å². The molecule has 0 fully saturated rings. The van der Waals surface area contributed by atoms with Crippen LogP contribution in [0.1, 0.15) is 34.8 Å². The first-order chi connectivity index (χ1) is 22.8. The summed E-state index contributed by atoms with van der Waals surface area (Å²) in [5, 5.41) is 11.3. The molecule has 2 aromatic carbocycles. The van der Waals surface area contributed by atoms with Crippen molar-refractivity contribution in [2.24, 2.45) is 0 Å². The fraction of sp³-hybridized carbons (Fsp3) is 0.382. The molecule has 13 heteroatoms. The molecule has 2 aliphatic heterocycles. The van der Waals surface area contributed by atoms with Crippen molar-refractivity contribution in [3.63, 3.8) is 0 Å². The number of hydrogen-bond donors (Lipinski definition) is 4. The molecule has 2 aliphatic rings. The van der Waals surface area contributed by atoms with E-state index in [1.165, 1.54) is 33.3 Å². The number of amides is 4. The molecule has 2 atom stereocenters. The van der Waals surface area contributed by atoms with Crippen LogP contribution in [-0.2, 0) is 27.3 Å². The van der Waals surface area contributed by atoms with Gasteiger partial charge in [0.25, 0.3) is 5.91 Å². The van der Waals surface area contributed by atoms with Crippen LogP contribution in [0, 0.1) is 0 Å². The van der Waals surface area contributed by atoms with E-state index < -0.39 is 29.8 Å². The summed E-state index contributed by atoms with van der Waals surface area (Å²) in [5.74, 6) is -0.811. The van der Waals surface area contributed by atoms with Gasteiger partial charge in [0.15, 0.2) is 11.5 Å². The molecule has 0 saturated heterocycles. The maximum atomic E-state index is 13.5. The highest BCUT2D eigenvalue weighted by molar-refractivity contribution is 5.99. The number of nitrogens with one attached hydrogen (secondary N) is 4. The molecule has 1 aromatic heterocycles. The van der Waals surface area contributed by atoms with Gasteiger partial charge in [-0.15, -0.1) is 0 Å². The van der Waals surface area contributed by atoms with E-state index in [1.807, 2.05) is 47.4 Å². The molecule has 3 heterocycles. The summed E-state index contributed by atoms with van der Waals surface area (Å²) in [6, 6.07) is 14.2. The minimum atomic E-state index is -0.979. The van der Waals surface area contributed by atoms with Gasteiger partial charge in [-0.05, 0) is 42.7 Å². The number of aromatic nitrogens is 1. The molecular weight excluding hydrogens is 604 g/mol. The average Bonchev–Trinajstić information content (AvgIpc) is 3.07. The van der Waals surface area contributed by atoms with Gasteiger partial charge in [0, 0.05) is 50.6 Å². The summed E-state index contributed by atoms with van der Waals surface area (Å²) in [5.41, 5.74) is 1.96. The molecule has 0 saturated carbocycles. The summed E-state index contributed by atoms with van der Waals surface area (Å²) < 4.78 is 16.9. The van der Waals surface area contributed by atoms with E-state index >= 15 is 0 Å². The minimum absolute atomic E-state index is 0.0934. The number of pyridine rings is 1. The third kappa shape index (κ3) is 10.4. The third-order valence-corrected chi connectivity index (χ3v) is 7.49. The Bertz CT molecular complexity index is 1480. The maximum Gasteiger partial charge on any atom is 0.252 e. The zero-order chi connectivity index (χ0) is 33.6. The van der Waals surface area contributed by atoms with E-state index in [0.717, 1.165) is 11.1 Å². The number of hydrogen-bond acceptors (Lipinski definition) is 9. The lowest BCUT2D eigenvalue weighted by Crippen LogP contribution is -2.54. The lowest BCUT2D eigenvalue weighted by atomic mass is 10.0. The Balaban J connectivity index is 1.58. The number of carbonyl (C=O) groups excluding carboxylic acids is 4. The van der Waals surface area contributed by atoms with Gasteiger partial charge in [-0.25, -0.2) is 0 Å². The summed E-state index contributed by atoms with van der Waals surface area (Å²) in [4.78, 5) is 59.0. The number of nitrogens with zero attached hydrogens (tertiary/aromatic N) is 2. The fourth-order valence-corrected chi connectivity index (χ4v) is 5.01. The molecule has 0 unspecified atom stereocenters. The van der Waals surface area contributed by atoms with Crippen molar-refractivity contribution in [3.8, 4) is 17.2 Å². The first kappa shape index (κ1) is 34.7. The van der Waals surface area contributed by atoms with Crippen molar-refractivity contribution in [3.05, 3.63) is 83.7 Å². The Labute approximate surface area is 274 Å². The normalized spacial score (nSPS) is 19.1. The molecule has 3 aromatic rings. The van der Waals surface area contributed by atoms with E-state index in [-0.39, 0.29) is 49.1 Å². The van der Waals surface area contributed by atoms with Crippen LogP contribution in [0.3, 0.4) is 0 Å². The Kier molecular flexibility index (Phi) is 12.9. The summed E-state index contributed by atoms with van der Waals surface area (Å²) in [6.45, 7) is 3.27. The van der Waals surface area contributed by atoms with Crippen molar-refractivity contribution in [1.29, 1.82) is 0 Å². The molecule has 0 radical (unpaired) electrons. The van der Waals surface area contributed by atoms with Gasteiger partial charge < -0.3 is 35.5 Å². The van der Waals surface area contributed by atoms with Crippen LogP contribution in [-0.4, -0.2) is 92.6 Å². The fourth-order valence-electron chi connectivity index (χ4n) is 5.01. The molecular formula is C34H42N6O7. The van der Waals surface area contributed by atoms with Crippen LogP contribution in [0.2, 0.25) is 0 Å². The molecule has 5 rings (SSSR count). The Morgan fingerprint density at radius 2 is 1.62 bits per heavy atom. The molecule has 0 spiro atoms. The zero-order valence-corrected chi connectivity index (χ0v) is 26.9. The molecule has 0 aliphatic carbocycles. The summed E-state index contributed by atoms with van der Waals surface area (Å²) in [6.07, 6.45) is 4.14. The van der Waals surface area contributed by atoms with Crippen LogP contribution in [0.25, 0.3) is 0 Å². The number of fused-ring (bicyclic) bond motifs is 19. The predicted octanol–water partition coefficient (Wildman–Crippen LogP) is 1.46. The zero-order valence-electron chi connectivity index (χ0n) is 26.9. The van der Waals surface area contributed by atoms with Gasteiger partial charge in [-0.3, -0.25) is 29.1 Å². The highest BCUT2D eigenvalue weighted by Gasteiger charge is 2.26. The quantitative estimate of drug-likeness (QED) is 0.291. The largest absolute Gasteiger partial charge is 0.493 e. The van der Waals surface area contributed by atoms with E-state index in [2.05, 4.69) is 26.3 Å². The van der Waals surface area contributed by atoms with Crippen molar-refractivity contribution in [2.75, 3.05) is 47.0 Å². The molecule has 47 heavy (non-hydrogen) atoms. The van der Waals surface area contributed by atoms with E-state index in [1.54, 1.807) is 12.4 Å². The topological polar surface area (TPSA) is 160 Å². The van der Waals surface area contributed by atoms with Crippen molar-refractivity contribution in [2.45, 2.75) is 38.4 Å². The van der Waals surface area contributed by atoms with Gasteiger partial charge in [0.2, 0.25) is 23.5 Å². The van der Waals surface area contributed by atoms with Gasteiger partial charge >= 0.3 is 0 Å². The average molecular weight is 647 g/mol. The van der Waals surface area contributed by atoms with E-state index in [9.17, 15) is 19.2 Å². The highest BCUT2D eigenvalue weighted by atomic mass is 16.5. The molecule has 250 valence electrons. The smallest absolute Gasteiger partial charge is 0.252 e. The molecule has 13 nitrogen and oxygen atoms in total. The predicted molar refractivity (Wildman–Crippen MR) is 174 cm³/mol. The van der Waals surface area contributed by atoms with Crippen molar-refractivity contribution in [1.82, 2.24) is 31.2 Å². The van der Waals surface area contributed by atoms with Crippen LogP contribution in [0.5, 0.6) is 17.2 Å². The molecule has 4 N–H and O–H groups in total. The number of carbonyl (C=O) groups is 4. The highest BCUT2D eigenvalue weighted by Crippen LogP contribution is 2.38. The van der Waals surface area contributed by atoms with Crippen molar-refractivity contribution < 1.29 is 33.4 Å². The standard InChI is InChI=1S/C34H42N6O7/c1-23-32(42)39-27(17-24-9-5-4-6-10-24)34(44)37-14-15-40(21-25-11-7-12-35-20-25)22-30(41)36-13-8-16-47-31-28(45-2)18-26(33(43)38-23)19-29(31)46-3/h4-7,9-12,18-20,23,27H,8,13-17,21-22H2,1-3H3,(H,36,41)(H,37,44)(H,38,43)(H,39,42)/t23-,27+/m0/s1. The summed E-state index contributed by atoms with van der Waals surface area (Å²) in [7, 11) is 2.89. The monoisotopic (exact) mass is 646 g/mol. The SMILES string of the molecule is COc1cc2cc(OC)c1OCCCNC(=O)CN(Cc1cccnc1)CCNC(=O)[C@@H](Cc1ccccc1)NC(=O)[C@H](C)NC2=O. The van der Waals surface area contributed by atoms with Crippen LogP contribution in [0.15, 0.2) is 67.0 Å². The molecule has 4 amide bonds. The Morgan fingerprint density at radius 1 is 0.894 bits per heavy atom. The van der Waals surface area contributed by atoms with Crippen LogP contribution in [0.4, 0.5) is 0 Å². The second-order valence-electron chi connectivity index (χ2n) is 11.1. The van der Waals surface area contributed by atoms with Gasteiger partial charge in [-0.2, -0.15) is 0 Å². The minimum Gasteiger partial charge on any atom is -0.493 e. The van der Waals surface area contributed by atoms with Crippen molar-refractivity contribution >= 4 is 23.6 Å². The van der Waals surface area contributed by atoms with Gasteiger partial charge in [-0.1, -0.05) is 36.4 Å². The first-order valence-corrected chi connectivity index (χ1v) is 15.5. The van der Waals surface area contributed by atoms with Gasteiger partial charge in [0.05, 0.1) is 27.4 Å². The lowest BCUT2D eigenvalue weighted by molar-refractivity contribution is -0.129. The van der Waals surface area contributed by atoms with E-state index in [0.29, 0.717) is 31.8 Å². The Hall–Kier alpha value is -5.17. The molecule has 2 bridgehead atoms. The van der Waals surface area contributed by atoms with Crippen LogP contribution >= 0.6 is 0 Å². The van der Waals surface area contributed by atoms with Gasteiger partial charge in [0.1, 0.15) is 12.1 Å². The first-order valence-electron chi connectivity index (χ1n) is 15.5. The maximum absolute atomic E-state index is 13.5. The second kappa shape index (κ2) is 17.5. The number of benzene rings is 2. The third-order valence-electron chi connectivity index (χ3n) is 7.49. The second-order valence-corrected chi connectivity index (χ2v) is 11.1. The van der Waals surface area contributed by atoms with Crippen LogP contribution < -0.4 is 35.5 Å². The lowest BCUT2D eigenvalue weighted by Gasteiger charge is -2.24. The number of rotatable bonds is 6. The summed E-state index contributed by atoms with van der Waals surface area (Å²) >= 11 is 0. The Morgan fingerprint density at radius 3 is 2.30 bits per heavy atom. The number of methoxy groups -OCH3 is 2. The number of ether oxygens (including phenoxy) is 3.